The zero-order valence-corrected chi connectivity index (χ0v) is 23.1. The highest BCUT2D eigenvalue weighted by atomic mass is 19.4. The molecule has 0 atom stereocenters. The Hall–Kier alpha value is -3.69. The molecule has 1 aliphatic heterocycles. The zero-order chi connectivity index (χ0) is 28.3. The summed E-state index contributed by atoms with van der Waals surface area (Å²) in [5.74, 6) is 0.878. The average molecular weight is 550 g/mol. The second-order valence-corrected chi connectivity index (χ2v) is 10.4. The molecule has 0 saturated carbocycles. The molecule has 210 valence electrons. The van der Waals surface area contributed by atoms with Gasteiger partial charge in [-0.15, -0.1) is 0 Å². The molecule has 0 aliphatic carbocycles. The van der Waals surface area contributed by atoms with Crippen molar-refractivity contribution in [1.82, 2.24) is 14.9 Å². The fourth-order valence-electron chi connectivity index (χ4n) is 4.97. The zero-order valence-electron chi connectivity index (χ0n) is 23.1. The van der Waals surface area contributed by atoms with Gasteiger partial charge in [-0.25, -0.2) is 9.97 Å². The molecule has 0 amide bonds. The van der Waals surface area contributed by atoms with Crippen molar-refractivity contribution in [2.45, 2.75) is 19.5 Å². The number of morpholine rings is 1. The molecule has 1 aliphatic rings. The van der Waals surface area contributed by atoms with Gasteiger partial charge in [0.05, 0.1) is 24.3 Å². The van der Waals surface area contributed by atoms with E-state index in [1.807, 2.05) is 39.2 Å². The van der Waals surface area contributed by atoms with Gasteiger partial charge < -0.3 is 19.9 Å². The fourth-order valence-corrected chi connectivity index (χ4v) is 4.97. The lowest BCUT2D eigenvalue weighted by atomic mass is 9.99. The molecular weight excluding hydrogens is 515 g/mol. The van der Waals surface area contributed by atoms with Crippen LogP contribution in [-0.2, 0) is 10.9 Å². The normalized spacial score (nSPS) is 14.2. The number of nitrogens with one attached hydrogen (secondary N) is 1. The third kappa shape index (κ3) is 6.37. The Morgan fingerprint density at radius 1 is 0.925 bits per heavy atom. The van der Waals surface area contributed by atoms with Gasteiger partial charge in [0.25, 0.3) is 0 Å². The summed E-state index contributed by atoms with van der Waals surface area (Å²) in [6.45, 7) is 6.48. The van der Waals surface area contributed by atoms with E-state index in [-0.39, 0.29) is 5.82 Å². The van der Waals surface area contributed by atoms with Gasteiger partial charge in [0, 0.05) is 36.3 Å². The van der Waals surface area contributed by atoms with Gasteiger partial charge in [0.1, 0.15) is 5.82 Å². The minimum absolute atomic E-state index is 0.258. The first-order valence-electron chi connectivity index (χ1n) is 13.5. The predicted octanol–water partition coefficient (Wildman–Crippen LogP) is 6.49. The minimum Gasteiger partial charge on any atom is -0.378 e. The number of aromatic nitrogens is 2. The maximum absolute atomic E-state index is 14.0. The quantitative estimate of drug-likeness (QED) is 0.254. The maximum atomic E-state index is 14.0. The largest absolute Gasteiger partial charge is 0.416 e. The topological polar surface area (TPSA) is 53.5 Å². The number of halogens is 3. The van der Waals surface area contributed by atoms with Crippen molar-refractivity contribution >= 4 is 22.4 Å². The van der Waals surface area contributed by atoms with Crippen molar-refractivity contribution in [3.8, 4) is 22.5 Å². The van der Waals surface area contributed by atoms with E-state index in [2.05, 4.69) is 27.2 Å². The summed E-state index contributed by atoms with van der Waals surface area (Å²) in [6, 6.07) is 17.3. The van der Waals surface area contributed by atoms with E-state index in [1.54, 1.807) is 18.2 Å². The Bertz CT molecular complexity index is 1470. The first kappa shape index (κ1) is 27.9. The molecule has 0 bridgehead atoms. The van der Waals surface area contributed by atoms with Crippen LogP contribution in [0.25, 0.3) is 33.4 Å². The van der Waals surface area contributed by atoms with E-state index in [4.69, 9.17) is 14.7 Å². The summed E-state index contributed by atoms with van der Waals surface area (Å²) in [5, 5.41) is 4.31. The van der Waals surface area contributed by atoms with Gasteiger partial charge >= 0.3 is 6.18 Å². The predicted molar refractivity (Wildman–Crippen MR) is 155 cm³/mol. The fraction of sp³-hybridized carbons (Fsp3) is 0.355. The maximum Gasteiger partial charge on any atom is 0.416 e. The van der Waals surface area contributed by atoms with Crippen molar-refractivity contribution in [1.29, 1.82) is 0 Å². The number of anilines is 2. The number of nitrogens with zero attached hydrogens (tertiary/aromatic N) is 4. The first-order chi connectivity index (χ1) is 19.2. The Labute approximate surface area is 232 Å². The van der Waals surface area contributed by atoms with Crippen molar-refractivity contribution in [2.24, 2.45) is 0 Å². The third-order valence-electron chi connectivity index (χ3n) is 7.05. The average Bonchev–Trinajstić information content (AvgIpc) is 2.95. The molecule has 9 heteroatoms. The van der Waals surface area contributed by atoms with Crippen LogP contribution < -0.4 is 10.2 Å². The molecule has 1 saturated heterocycles. The summed E-state index contributed by atoms with van der Waals surface area (Å²) < 4.78 is 47.5. The molecule has 3 aromatic carbocycles. The molecule has 0 radical (unpaired) electrons. The van der Waals surface area contributed by atoms with E-state index >= 15 is 0 Å². The number of hydrogen-bond acceptors (Lipinski definition) is 6. The number of fused-ring (bicyclic) bond motifs is 1. The number of benzene rings is 3. The second-order valence-electron chi connectivity index (χ2n) is 10.4. The lowest BCUT2D eigenvalue weighted by Crippen LogP contribution is -2.36. The summed E-state index contributed by atoms with van der Waals surface area (Å²) >= 11 is 0. The Morgan fingerprint density at radius 3 is 2.35 bits per heavy atom. The molecule has 5 rings (SSSR count). The molecule has 0 unspecified atom stereocenters. The third-order valence-corrected chi connectivity index (χ3v) is 7.05. The monoisotopic (exact) mass is 549 g/mol. The Morgan fingerprint density at radius 2 is 1.65 bits per heavy atom. The van der Waals surface area contributed by atoms with Gasteiger partial charge in [-0.1, -0.05) is 30.3 Å². The highest BCUT2D eigenvalue weighted by molar-refractivity contribution is 5.95. The van der Waals surface area contributed by atoms with Crippen LogP contribution >= 0.6 is 0 Å². The number of alkyl halides is 3. The number of hydrogen-bond donors (Lipinski definition) is 1. The van der Waals surface area contributed by atoms with Crippen molar-refractivity contribution < 1.29 is 17.9 Å². The van der Waals surface area contributed by atoms with Crippen LogP contribution in [0.5, 0.6) is 0 Å². The van der Waals surface area contributed by atoms with Gasteiger partial charge in [0.2, 0.25) is 0 Å². The highest BCUT2D eigenvalue weighted by Crippen LogP contribution is 2.37. The van der Waals surface area contributed by atoms with Crippen LogP contribution in [0, 0.1) is 6.92 Å². The van der Waals surface area contributed by atoms with Crippen LogP contribution in [0.4, 0.5) is 24.7 Å². The van der Waals surface area contributed by atoms with Crippen LogP contribution in [0.1, 0.15) is 17.5 Å². The van der Waals surface area contributed by atoms with E-state index in [0.29, 0.717) is 42.3 Å². The minimum atomic E-state index is -4.51. The molecule has 6 nitrogen and oxygen atoms in total. The summed E-state index contributed by atoms with van der Waals surface area (Å²) in [4.78, 5) is 14.1. The van der Waals surface area contributed by atoms with E-state index in [1.165, 1.54) is 6.07 Å². The van der Waals surface area contributed by atoms with Crippen molar-refractivity contribution in [3.63, 3.8) is 0 Å². The highest BCUT2D eigenvalue weighted by Gasteiger charge is 2.32. The molecule has 40 heavy (non-hydrogen) atoms. The van der Waals surface area contributed by atoms with Crippen LogP contribution in [0.3, 0.4) is 0 Å². The molecule has 1 aromatic heterocycles. The smallest absolute Gasteiger partial charge is 0.378 e. The summed E-state index contributed by atoms with van der Waals surface area (Å²) in [6.07, 6.45) is -3.62. The second kappa shape index (κ2) is 11.8. The van der Waals surface area contributed by atoms with E-state index in [0.717, 1.165) is 54.3 Å². The van der Waals surface area contributed by atoms with Gasteiger partial charge in [0.15, 0.2) is 5.82 Å². The molecule has 1 N–H and O–H groups in total. The number of rotatable bonds is 8. The van der Waals surface area contributed by atoms with E-state index in [9.17, 15) is 13.2 Å². The van der Waals surface area contributed by atoms with Crippen molar-refractivity contribution in [3.05, 3.63) is 71.8 Å². The van der Waals surface area contributed by atoms with E-state index < -0.39 is 11.7 Å². The molecule has 0 spiro atoms. The number of ether oxygens (including phenoxy) is 1. The number of aryl methyl sites for hydroxylation is 1. The summed E-state index contributed by atoms with van der Waals surface area (Å²) in [5.41, 5.74) is 3.48. The lowest BCUT2D eigenvalue weighted by Gasteiger charge is -2.29. The molecule has 4 aromatic rings. The summed E-state index contributed by atoms with van der Waals surface area (Å²) in [7, 11) is 4.04. The molecular formula is C31H34F3N5O. The van der Waals surface area contributed by atoms with Gasteiger partial charge in [-0.2, -0.15) is 13.2 Å². The first-order valence-corrected chi connectivity index (χ1v) is 13.5. The SMILES string of the molecule is Cc1cc(N2CCOCC2)cc2c(NCCCN(C)C)nc(-c3cc(-c4ccccc4)cc(C(F)(F)F)c3)nc12. The lowest BCUT2D eigenvalue weighted by molar-refractivity contribution is -0.137. The Kier molecular flexibility index (Phi) is 8.23. The van der Waals surface area contributed by atoms with Crippen LogP contribution in [-0.4, -0.2) is 68.4 Å². The Balaban J connectivity index is 1.64. The molecule has 2 heterocycles. The van der Waals surface area contributed by atoms with Crippen LogP contribution in [0.15, 0.2) is 60.7 Å². The standard InChI is InChI=1S/C31H34F3N5O/c1-21-16-26(39-12-14-40-15-13-39)20-27-28(21)36-29(37-30(27)35-10-7-11-38(2)3)24-17-23(22-8-5-4-6-9-22)18-25(19-24)31(32,33)34/h4-6,8-9,16-20H,7,10-15H2,1-3H3,(H,35,36,37). The van der Waals surface area contributed by atoms with Crippen molar-refractivity contribution in [2.75, 3.05) is 63.7 Å². The van der Waals surface area contributed by atoms with Crippen LogP contribution in [0.2, 0.25) is 0 Å². The van der Waals surface area contributed by atoms with Gasteiger partial charge in [-0.05, 0) is 81.0 Å². The molecule has 1 fully saturated rings. The van der Waals surface area contributed by atoms with Gasteiger partial charge in [-0.3, -0.25) is 0 Å².